The van der Waals surface area contributed by atoms with Crippen LogP contribution < -0.4 is 24.8 Å². The van der Waals surface area contributed by atoms with Crippen LogP contribution in [-0.4, -0.2) is 47.0 Å². The molecule has 0 unspecified atom stereocenters. The molecule has 0 aliphatic heterocycles. The van der Waals surface area contributed by atoms with Crippen molar-refractivity contribution in [1.29, 1.82) is 0 Å². The lowest BCUT2D eigenvalue weighted by molar-refractivity contribution is 0.145. The van der Waals surface area contributed by atoms with Gasteiger partial charge in [0.25, 0.3) is 0 Å². The highest BCUT2D eigenvalue weighted by Gasteiger charge is 2.12. The molecule has 0 saturated carbocycles. The van der Waals surface area contributed by atoms with Crippen molar-refractivity contribution in [2.24, 2.45) is 4.99 Å². The van der Waals surface area contributed by atoms with Gasteiger partial charge < -0.3 is 29.6 Å². The van der Waals surface area contributed by atoms with Crippen LogP contribution in [0.4, 0.5) is 0 Å². The SMILES string of the molecule is CCOc1c(Cl)cc(CNC(=NC)NCc2ccc(C)cc2OCCOC)cc1OC.I. The van der Waals surface area contributed by atoms with Gasteiger partial charge in [-0.05, 0) is 43.2 Å². The van der Waals surface area contributed by atoms with Gasteiger partial charge in [-0.1, -0.05) is 23.7 Å². The molecule has 0 radical (unpaired) electrons. The van der Waals surface area contributed by atoms with E-state index in [1.54, 1.807) is 21.3 Å². The smallest absolute Gasteiger partial charge is 0.191 e. The minimum Gasteiger partial charge on any atom is -0.493 e. The van der Waals surface area contributed by atoms with Crippen LogP contribution in [0.25, 0.3) is 0 Å². The summed E-state index contributed by atoms with van der Waals surface area (Å²) in [6.07, 6.45) is 0. The number of guanidine groups is 1. The fraction of sp³-hybridized carbons (Fsp3) is 0.435. The first-order valence-corrected chi connectivity index (χ1v) is 10.5. The second-order valence-electron chi connectivity index (χ2n) is 6.77. The molecular formula is C23H33ClIN3O4. The van der Waals surface area contributed by atoms with Crippen LogP contribution in [0.1, 0.15) is 23.6 Å². The Balaban J connectivity index is 0.00000512. The van der Waals surface area contributed by atoms with Crippen molar-refractivity contribution in [1.82, 2.24) is 10.6 Å². The molecule has 0 fully saturated rings. The lowest BCUT2D eigenvalue weighted by atomic mass is 10.1. The molecule has 7 nitrogen and oxygen atoms in total. The molecule has 0 aromatic heterocycles. The Morgan fingerprint density at radius 3 is 2.41 bits per heavy atom. The third kappa shape index (κ3) is 8.55. The highest BCUT2D eigenvalue weighted by atomic mass is 127. The van der Waals surface area contributed by atoms with Gasteiger partial charge in [-0.25, -0.2) is 0 Å². The van der Waals surface area contributed by atoms with Gasteiger partial charge >= 0.3 is 0 Å². The summed E-state index contributed by atoms with van der Waals surface area (Å²) in [5.41, 5.74) is 3.13. The monoisotopic (exact) mass is 577 g/mol. The van der Waals surface area contributed by atoms with Crippen LogP contribution in [-0.2, 0) is 17.8 Å². The van der Waals surface area contributed by atoms with Crippen LogP contribution in [0.15, 0.2) is 35.3 Å². The quantitative estimate of drug-likeness (QED) is 0.177. The summed E-state index contributed by atoms with van der Waals surface area (Å²) in [7, 11) is 4.98. The fourth-order valence-electron chi connectivity index (χ4n) is 2.92. The number of nitrogens with one attached hydrogen (secondary N) is 2. The molecule has 178 valence electrons. The van der Waals surface area contributed by atoms with Crippen LogP contribution >= 0.6 is 35.6 Å². The van der Waals surface area contributed by atoms with Crippen molar-refractivity contribution >= 4 is 41.5 Å². The number of hydrogen-bond acceptors (Lipinski definition) is 5. The minimum atomic E-state index is 0. The first-order chi connectivity index (χ1) is 15.0. The predicted octanol–water partition coefficient (Wildman–Crippen LogP) is 4.56. The number of aliphatic imine (C=N–C) groups is 1. The highest BCUT2D eigenvalue weighted by Crippen LogP contribution is 2.36. The molecule has 0 atom stereocenters. The van der Waals surface area contributed by atoms with Gasteiger partial charge in [0.15, 0.2) is 17.5 Å². The van der Waals surface area contributed by atoms with E-state index in [0.29, 0.717) is 55.4 Å². The predicted molar refractivity (Wildman–Crippen MR) is 140 cm³/mol. The Labute approximate surface area is 212 Å². The Bertz CT molecular complexity index is 881. The molecule has 2 aromatic rings. The van der Waals surface area contributed by atoms with Crippen LogP contribution in [0.3, 0.4) is 0 Å². The van der Waals surface area contributed by atoms with Crippen molar-refractivity contribution in [2.45, 2.75) is 26.9 Å². The van der Waals surface area contributed by atoms with E-state index in [4.69, 9.17) is 30.5 Å². The van der Waals surface area contributed by atoms with Gasteiger partial charge in [0.1, 0.15) is 12.4 Å². The average Bonchev–Trinajstić information content (AvgIpc) is 2.76. The van der Waals surface area contributed by atoms with E-state index in [2.05, 4.69) is 27.8 Å². The molecule has 0 aliphatic rings. The third-order valence-corrected chi connectivity index (χ3v) is 4.76. The zero-order valence-electron chi connectivity index (χ0n) is 19.3. The fourth-order valence-corrected chi connectivity index (χ4v) is 3.21. The maximum absolute atomic E-state index is 6.36. The molecule has 0 spiro atoms. The number of ether oxygens (including phenoxy) is 4. The molecule has 2 rings (SSSR count). The van der Waals surface area contributed by atoms with E-state index in [1.807, 2.05) is 32.0 Å². The maximum atomic E-state index is 6.36. The third-order valence-electron chi connectivity index (χ3n) is 4.48. The van der Waals surface area contributed by atoms with Crippen LogP contribution in [0.5, 0.6) is 17.2 Å². The van der Waals surface area contributed by atoms with Crippen LogP contribution in [0, 0.1) is 6.92 Å². The molecule has 0 saturated heterocycles. The van der Waals surface area contributed by atoms with E-state index in [0.717, 1.165) is 22.4 Å². The van der Waals surface area contributed by atoms with Crippen molar-refractivity contribution in [3.8, 4) is 17.2 Å². The number of methoxy groups -OCH3 is 2. The van der Waals surface area contributed by atoms with Crippen molar-refractivity contribution in [2.75, 3.05) is 41.1 Å². The second kappa shape index (κ2) is 15.0. The van der Waals surface area contributed by atoms with E-state index in [-0.39, 0.29) is 24.0 Å². The molecule has 0 bridgehead atoms. The Morgan fingerprint density at radius 2 is 1.75 bits per heavy atom. The van der Waals surface area contributed by atoms with Crippen LogP contribution in [0.2, 0.25) is 5.02 Å². The number of rotatable bonds is 11. The first-order valence-electron chi connectivity index (χ1n) is 10.2. The summed E-state index contributed by atoms with van der Waals surface area (Å²) in [5.74, 6) is 2.65. The molecule has 0 amide bonds. The molecule has 2 aromatic carbocycles. The normalized spacial score (nSPS) is 10.9. The number of benzene rings is 2. The van der Waals surface area contributed by atoms with Gasteiger partial charge in [-0.2, -0.15) is 0 Å². The molecule has 0 heterocycles. The Hall–Kier alpha value is -1.91. The van der Waals surface area contributed by atoms with E-state index < -0.39 is 0 Å². The summed E-state index contributed by atoms with van der Waals surface area (Å²) in [6, 6.07) is 9.90. The molecular weight excluding hydrogens is 545 g/mol. The zero-order chi connectivity index (χ0) is 22.6. The number of nitrogens with zero attached hydrogens (tertiary/aromatic N) is 1. The lowest BCUT2D eigenvalue weighted by Gasteiger charge is -2.16. The van der Waals surface area contributed by atoms with Gasteiger partial charge in [0.05, 0.1) is 25.3 Å². The number of hydrogen-bond donors (Lipinski definition) is 2. The standard InChI is InChI=1S/C23H32ClN3O4.HI/c1-6-30-22-19(24)12-17(13-21(22)29-5)14-26-23(25-3)27-15-18-8-7-16(2)11-20(18)31-10-9-28-4;/h7-8,11-13H,6,9-10,14-15H2,1-5H3,(H2,25,26,27);1H. The molecule has 32 heavy (non-hydrogen) atoms. The Kier molecular flexibility index (Phi) is 13.2. The van der Waals surface area contributed by atoms with E-state index >= 15 is 0 Å². The van der Waals surface area contributed by atoms with Gasteiger partial charge in [-0.3, -0.25) is 4.99 Å². The average molecular weight is 578 g/mol. The van der Waals surface area contributed by atoms with Gasteiger partial charge in [0.2, 0.25) is 0 Å². The summed E-state index contributed by atoms with van der Waals surface area (Å²) < 4.78 is 21.9. The first kappa shape index (κ1) is 28.1. The van der Waals surface area contributed by atoms with E-state index in [9.17, 15) is 0 Å². The van der Waals surface area contributed by atoms with Crippen molar-refractivity contribution in [3.05, 3.63) is 52.0 Å². The van der Waals surface area contributed by atoms with Gasteiger partial charge in [0, 0.05) is 32.8 Å². The van der Waals surface area contributed by atoms with E-state index in [1.165, 1.54) is 0 Å². The zero-order valence-corrected chi connectivity index (χ0v) is 22.4. The number of aryl methyl sites for hydroxylation is 1. The topological polar surface area (TPSA) is 73.3 Å². The lowest BCUT2D eigenvalue weighted by Crippen LogP contribution is -2.36. The van der Waals surface area contributed by atoms with Crippen molar-refractivity contribution < 1.29 is 18.9 Å². The highest BCUT2D eigenvalue weighted by molar-refractivity contribution is 14.0. The minimum absolute atomic E-state index is 0. The largest absolute Gasteiger partial charge is 0.493 e. The summed E-state index contributed by atoms with van der Waals surface area (Å²) in [6.45, 7) is 6.59. The molecule has 2 N–H and O–H groups in total. The summed E-state index contributed by atoms with van der Waals surface area (Å²) in [4.78, 5) is 4.30. The molecule has 0 aliphatic carbocycles. The van der Waals surface area contributed by atoms with Gasteiger partial charge in [-0.15, -0.1) is 24.0 Å². The van der Waals surface area contributed by atoms with Crippen molar-refractivity contribution in [3.63, 3.8) is 0 Å². The summed E-state index contributed by atoms with van der Waals surface area (Å²) >= 11 is 6.36. The maximum Gasteiger partial charge on any atom is 0.191 e. The summed E-state index contributed by atoms with van der Waals surface area (Å²) in [5, 5.41) is 7.12. The molecule has 9 heteroatoms. The second-order valence-corrected chi connectivity index (χ2v) is 7.18. The Morgan fingerprint density at radius 1 is 1.00 bits per heavy atom. The number of halogens is 2.